The van der Waals surface area contributed by atoms with Crippen LogP contribution in [0.15, 0.2) is 42.5 Å². The number of rotatable bonds is 9. The van der Waals surface area contributed by atoms with E-state index in [0.29, 0.717) is 16.0 Å². The zero-order chi connectivity index (χ0) is 27.8. The predicted molar refractivity (Wildman–Crippen MR) is 157 cm³/mol. The van der Waals surface area contributed by atoms with Crippen LogP contribution in [0.2, 0.25) is 10.0 Å². The first-order chi connectivity index (χ1) is 18.6. The second kappa shape index (κ2) is 11.2. The zero-order valence-electron chi connectivity index (χ0n) is 23.5. The van der Waals surface area contributed by atoms with Crippen molar-refractivity contribution in [2.75, 3.05) is 33.3 Å². The van der Waals surface area contributed by atoms with Gasteiger partial charge in [-0.25, -0.2) is 0 Å². The third kappa shape index (κ3) is 5.98. The number of nitrogens with one attached hydrogen (secondary N) is 1. The van der Waals surface area contributed by atoms with Crippen LogP contribution < -0.4 is 5.32 Å². The molecule has 2 N–H and O–H groups in total. The van der Waals surface area contributed by atoms with Crippen LogP contribution in [0.1, 0.15) is 63.5 Å². The molecule has 3 aliphatic rings. The van der Waals surface area contributed by atoms with Crippen LogP contribution in [0.3, 0.4) is 0 Å². The van der Waals surface area contributed by atoms with Gasteiger partial charge in [-0.05, 0) is 67.5 Å². The highest BCUT2D eigenvalue weighted by molar-refractivity contribution is 6.42. The third-order valence-electron chi connectivity index (χ3n) is 9.57. The molecule has 5 nitrogen and oxygen atoms in total. The summed E-state index contributed by atoms with van der Waals surface area (Å²) in [6.07, 6.45) is 6.47. The van der Waals surface area contributed by atoms with Gasteiger partial charge < -0.3 is 19.6 Å². The normalized spacial score (nSPS) is 30.7. The lowest BCUT2D eigenvalue weighted by atomic mass is 9.54. The molecule has 4 atom stereocenters. The summed E-state index contributed by atoms with van der Waals surface area (Å²) in [6, 6.07) is 13.1. The first-order valence-electron chi connectivity index (χ1n) is 14.5. The molecular formula is C32H43Cl2N2O3+. The number of hydrogen-bond donors (Lipinski definition) is 2. The van der Waals surface area contributed by atoms with Crippen molar-refractivity contribution in [2.45, 2.75) is 75.9 Å². The summed E-state index contributed by atoms with van der Waals surface area (Å²) in [7, 11) is 1.88. The third-order valence-corrected chi connectivity index (χ3v) is 10.3. The standard InChI is InChI=1S/C32H42Cl2N2O3/c1-22(2)19-36(20-23-7-8-23)14-13-31(25-5-4-6-27(37)17-25)18-26(11-12-32(31,21-36)39-3)35-30(38)16-24-9-10-28(33)29(34)15-24/h4-6,9-10,15,17,22-23,26H,7-8,11-14,16,18-21H2,1-3H3,(H-,35,37,38)/p+1/t26-,31-,32?,36+/m1/s1. The number of piperidine rings is 1. The first kappa shape index (κ1) is 28.7. The van der Waals surface area contributed by atoms with Crippen molar-refractivity contribution in [1.82, 2.24) is 5.32 Å². The molecule has 212 valence electrons. The highest BCUT2D eigenvalue weighted by Crippen LogP contribution is 2.56. The molecular weight excluding hydrogens is 531 g/mol. The van der Waals surface area contributed by atoms with Crippen molar-refractivity contribution >= 4 is 29.1 Å². The van der Waals surface area contributed by atoms with Gasteiger partial charge in [0, 0.05) is 36.8 Å². The number of halogens is 2. The number of likely N-dealkylation sites (tertiary alicyclic amines) is 1. The fourth-order valence-corrected chi connectivity index (χ4v) is 8.22. The Kier molecular flexibility index (Phi) is 8.28. The maximum atomic E-state index is 13.2. The molecule has 39 heavy (non-hydrogen) atoms. The number of carbonyl (C=O) groups is 1. The maximum Gasteiger partial charge on any atom is 0.224 e. The van der Waals surface area contributed by atoms with Gasteiger partial charge in [0.2, 0.25) is 5.91 Å². The molecule has 0 aromatic heterocycles. The largest absolute Gasteiger partial charge is 0.508 e. The minimum absolute atomic E-state index is 0.0103. The van der Waals surface area contributed by atoms with E-state index in [1.54, 1.807) is 18.2 Å². The van der Waals surface area contributed by atoms with Gasteiger partial charge in [0.15, 0.2) is 0 Å². The van der Waals surface area contributed by atoms with Crippen LogP contribution in [-0.4, -0.2) is 60.4 Å². The van der Waals surface area contributed by atoms with Crippen molar-refractivity contribution in [3.05, 3.63) is 63.6 Å². The van der Waals surface area contributed by atoms with E-state index in [9.17, 15) is 9.90 Å². The summed E-state index contributed by atoms with van der Waals surface area (Å²) in [4.78, 5) is 13.2. The maximum absolute atomic E-state index is 13.2. The Hall–Kier alpha value is -1.79. The number of phenols is 1. The average Bonchev–Trinajstić information content (AvgIpc) is 3.69. The Morgan fingerprint density at radius 1 is 1.13 bits per heavy atom. The summed E-state index contributed by atoms with van der Waals surface area (Å²) in [5.41, 5.74) is 1.33. The minimum Gasteiger partial charge on any atom is -0.508 e. The Bertz CT molecular complexity index is 1200. The molecule has 1 unspecified atom stereocenters. The molecule has 2 aromatic carbocycles. The predicted octanol–water partition coefficient (Wildman–Crippen LogP) is 6.52. The number of fused-ring (bicyclic) bond motifs is 1. The molecule has 0 bridgehead atoms. The van der Waals surface area contributed by atoms with Gasteiger partial charge in [-0.1, -0.05) is 55.2 Å². The smallest absolute Gasteiger partial charge is 0.224 e. The van der Waals surface area contributed by atoms with Crippen molar-refractivity contribution in [2.24, 2.45) is 11.8 Å². The highest BCUT2D eigenvalue weighted by atomic mass is 35.5. The molecule has 0 radical (unpaired) electrons. The number of benzene rings is 2. The molecule has 5 rings (SSSR count). The molecule has 1 amide bonds. The van der Waals surface area contributed by atoms with Gasteiger partial charge >= 0.3 is 0 Å². The van der Waals surface area contributed by atoms with Crippen LogP contribution in [0, 0.1) is 11.8 Å². The van der Waals surface area contributed by atoms with Crippen LogP contribution >= 0.6 is 23.2 Å². The summed E-state index contributed by atoms with van der Waals surface area (Å²) in [5, 5.41) is 14.8. The molecule has 1 aliphatic heterocycles. The molecule has 2 aromatic rings. The lowest BCUT2D eigenvalue weighted by molar-refractivity contribution is -0.945. The van der Waals surface area contributed by atoms with Crippen molar-refractivity contribution in [3.8, 4) is 5.75 Å². The quantitative estimate of drug-likeness (QED) is 0.336. The van der Waals surface area contributed by atoms with E-state index in [4.69, 9.17) is 27.9 Å². The van der Waals surface area contributed by atoms with Crippen molar-refractivity contribution in [1.29, 1.82) is 0 Å². The van der Waals surface area contributed by atoms with Crippen LogP contribution in [-0.2, 0) is 21.4 Å². The van der Waals surface area contributed by atoms with Gasteiger partial charge in [0.25, 0.3) is 0 Å². The number of amides is 1. The number of ether oxygens (including phenoxy) is 1. The Morgan fingerprint density at radius 2 is 1.92 bits per heavy atom. The summed E-state index contributed by atoms with van der Waals surface area (Å²) < 4.78 is 7.77. The second-order valence-electron chi connectivity index (χ2n) is 12.9. The number of aromatic hydroxyl groups is 1. The zero-order valence-corrected chi connectivity index (χ0v) is 25.0. The monoisotopic (exact) mass is 573 g/mol. The van der Waals surface area contributed by atoms with E-state index in [-0.39, 0.29) is 35.1 Å². The summed E-state index contributed by atoms with van der Waals surface area (Å²) >= 11 is 12.3. The Labute approximate surface area is 243 Å². The van der Waals surface area contributed by atoms with E-state index in [0.717, 1.165) is 60.3 Å². The number of hydrogen-bond acceptors (Lipinski definition) is 3. The Morgan fingerprint density at radius 3 is 2.59 bits per heavy atom. The van der Waals surface area contributed by atoms with E-state index in [1.807, 2.05) is 25.3 Å². The van der Waals surface area contributed by atoms with Gasteiger partial charge in [-0.3, -0.25) is 4.79 Å². The highest BCUT2D eigenvalue weighted by Gasteiger charge is 2.63. The van der Waals surface area contributed by atoms with E-state index in [1.165, 1.54) is 25.9 Å². The van der Waals surface area contributed by atoms with Crippen LogP contribution in [0.4, 0.5) is 0 Å². The number of carbonyl (C=O) groups excluding carboxylic acids is 1. The second-order valence-corrected chi connectivity index (χ2v) is 13.8. The molecule has 1 heterocycles. The van der Waals surface area contributed by atoms with Gasteiger partial charge in [-0.15, -0.1) is 0 Å². The lowest BCUT2D eigenvalue weighted by Crippen LogP contribution is -2.73. The summed E-state index contributed by atoms with van der Waals surface area (Å²) in [6.45, 7) is 9.16. The number of phenolic OH excluding ortho intramolecular Hbond substituents is 1. The Balaban J connectivity index is 1.43. The topological polar surface area (TPSA) is 58.6 Å². The molecule has 1 saturated heterocycles. The number of methoxy groups -OCH3 is 1. The van der Waals surface area contributed by atoms with E-state index in [2.05, 4.69) is 25.2 Å². The van der Waals surface area contributed by atoms with Crippen molar-refractivity contribution < 1.29 is 19.1 Å². The molecule has 3 fully saturated rings. The van der Waals surface area contributed by atoms with E-state index < -0.39 is 0 Å². The van der Waals surface area contributed by atoms with Crippen LogP contribution in [0.25, 0.3) is 0 Å². The van der Waals surface area contributed by atoms with Crippen LogP contribution in [0.5, 0.6) is 5.75 Å². The van der Waals surface area contributed by atoms with E-state index >= 15 is 0 Å². The number of nitrogens with zero attached hydrogens (tertiary/aromatic N) is 1. The van der Waals surface area contributed by atoms with Gasteiger partial charge in [0.1, 0.15) is 17.9 Å². The lowest BCUT2D eigenvalue weighted by Gasteiger charge is -2.62. The molecule has 7 heteroatoms. The fraction of sp³-hybridized carbons (Fsp3) is 0.594. The molecule has 0 spiro atoms. The molecule has 2 aliphatic carbocycles. The fourth-order valence-electron chi connectivity index (χ4n) is 7.90. The summed E-state index contributed by atoms with van der Waals surface area (Å²) in [5.74, 6) is 1.72. The minimum atomic E-state index is -0.353. The number of quaternary nitrogens is 1. The van der Waals surface area contributed by atoms with Gasteiger partial charge in [0.05, 0.1) is 36.1 Å². The average molecular weight is 575 g/mol. The molecule has 2 saturated carbocycles. The SMILES string of the molecule is COC12CC[C@@H](NC(=O)Cc3ccc(Cl)c(Cl)c3)C[C@@]1(c1cccc(O)c1)CC[N@+](CC(C)C)(CC1CC1)C2. The van der Waals surface area contributed by atoms with Gasteiger partial charge in [-0.2, -0.15) is 0 Å². The first-order valence-corrected chi connectivity index (χ1v) is 15.3. The van der Waals surface area contributed by atoms with Crippen molar-refractivity contribution in [3.63, 3.8) is 0 Å².